The Bertz CT molecular complexity index is 453. The Labute approximate surface area is 106 Å². The lowest BCUT2D eigenvalue weighted by atomic mass is 9.99. The molecule has 2 N–H and O–H groups in total. The van der Waals surface area contributed by atoms with Crippen LogP contribution in [0.3, 0.4) is 0 Å². The highest BCUT2D eigenvalue weighted by Gasteiger charge is 2.33. The van der Waals surface area contributed by atoms with Gasteiger partial charge in [-0.05, 0) is 18.6 Å². The lowest BCUT2D eigenvalue weighted by Crippen LogP contribution is -2.45. The van der Waals surface area contributed by atoms with Gasteiger partial charge in [-0.3, -0.25) is 9.59 Å². The molecule has 0 radical (unpaired) electrons. The van der Waals surface area contributed by atoms with Gasteiger partial charge >= 0.3 is 5.97 Å². The minimum absolute atomic E-state index is 0.0510. The number of nitrogens with two attached hydrogens (primary N) is 1. The van der Waals surface area contributed by atoms with Crippen LogP contribution in [0.1, 0.15) is 19.4 Å². The summed E-state index contributed by atoms with van der Waals surface area (Å²) in [7, 11) is 0. The zero-order valence-corrected chi connectivity index (χ0v) is 10.6. The van der Waals surface area contributed by atoms with Crippen molar-refractivity contribution >= 4 is 17.8 Å². The predicted octanol–water partition coefficient (Wildman–Crippen LogP) is 1.55. The molecule has 4 nitrogen and oxygen atoms in total. The topological polar surface area (TPSA) is 69.4 Å². The molecule has 96 valence electrons. The standard InChI is InChI=1S/C14H17NO3/c1-11(16)18-14(2,10-15)13(17)9-8-12-6-4-3-5-7-12/h3-9H,10,15H2,1-2H3/b9-8+. The van der Waals surface area contributed by atoms with Crippen LogP contribution in [0.5, 0.6) is 0 Å². The number of hydrogen-bond donors (Lipinski definition) is 1. The van der Waals surface area contributed by atoms with Crippen LogP contribution >= 0.6 is 0 Å². The Morgan fingerprint density at radius 3 is 2.44 bits per heavy atom. The largest absolute Gasteiger partial charge is 0.450 e. The van der Waals surface area contributed by atoms with E-state index in [0.29, 0.717) is 0 Å². The van der Waals surface area contributed by atoms with Gasteiger partial charge in [0.05, 0.1) is 0 Å². The second kappa shape index (κ2) is 6.12. The second-order valence-electron chi connectivity index (χ2n) is 4.14. The van der Waals surface area contributed by atoms with Crippen molar-refractivity contribution in [3.63, 3.8) is 0 Å². The van der Waals surface area contributed by atoms with E-state index in [2.05, 4.69) is 0 Å². The number of benzene rings is 1. The van der Waals surface area contributed by atoms with Crippen LogP contribution in [-0.2, 0) is 14.3 Å². The summed E-state index contributed by atoms with van der Waals surface area (Å²) in [6.45, 7) is 2.71. The molecule has 1 aromatic rings. The van der Waals surface area contributed by atoms with Crippen molar-refractivity contribution < 1.29 is 14.3 Å². The van der Waals surface area contributed by atoms with Gasteiger partial charge < -0.3 is 10.5 Å². The van der Waals surface area contributed by atoms with E-state index in [1.165, 1.54) is 19.9 Å². The molecule has 0 aliphatic carbocycles. The van der Waals surface area contributed by atoms with Crippen LogP contribution in [0, 0.1) is 0 Å². The average molecular weight is 247 g/mol. The fraction of sp³-hybridized carbons (Fsp3) is 0.286. The molecule has 0 heterocycles. The summed E-state index contributed by atoms with van der Waals surface area (Å²) in [4.78, 5) is 22.9. The highest BCUT2D eigenvalue weighted by molar-refractivity contribution is 6.01. The van der Waals surface area contributed by atoms with Crippen LogP contribution in [0.2, 0.25) is 0 Å². The summed E-state index contributed by atoms with van der Waals surface area (Å²) >= 11 is 0. The second-order valence-corrected chi connectivity index (χ2v) is 4.14. The number of rotatable bonds is 5. The number of esters is 1. The summed E-state index contributed by atoms with van der Waals surface area (Å²) in [6.07, 6.45) is 3.05. The zero-order valence-electron chi connectivity index (χ0n) is 10.6. The quantitative estimate of drug-likeness (QED) is 0.633. The molecule has 0 aromatic heterocycles. The molecule has 4 heteroatoms. The molecule has 1 aromatic carbocycles. The fourth-order valence-corrected chi connectivity index (χ4v) is 1.42. The first-order valence-electron chi connectivity index (χ1n) is 5.65. The molecule has 1 rings (SSSR count). The minimum Gasteiger partial charge on any atom is -0.450 e. The maximum absolute atomic E-state index is 12.0. The number of carbonyl (C=O) groups excluding carboxylic acids is 2. The van der Waals surface area contributed by atoms with Crippen LogP contribution in [0.15, 0.2) is 36.4 Å². The van der Waals surface area contributed by atoms with E-state index in [0.717, 1.165) is 5.56 Å². The van der Waals surface area contributed by atoms with Crippen molar-refractivity contribution in [2.75, 3.05) is 6.54 Å². The van der Waals surface area contributed by atoms with E-state index >= 15 is 0 Å². The molecular weight excluding hydrogens is 230 g/mol. The Hall–Kier alpha value is -1.94. The lowest BCUT2D eigenvalue weighted by molar-refractivity contribution is -0.160. The molecule has 0 aliphatic heterocycles. The van der Waals surface area contributed by atoms with Gasteiger partial charge in [-0.1, -0.05) is 36.4 Å². The van der Waals surface area contributed by atoms with Crippen LogP contribution in [0.25, 0.3) is 6.08 Å². The first kappa shape index (κ1) is 14.1. The average Bonchev–Trinajstić information content (AvgIpc) is 2.36. The molecule has 0 aliphatic rings. The van der Waals surface area contributed by atoms with Crippen molar-refractivity contribution in [3.8, 4) is 0 Å². The SMILES string of the molecule is CC(=O)OC(C)(CN)C(=O)/C=C/c1ccccc1. The molecule has 0 amide bonds. The van der Waals surface area contributed by atoms with Crippen LogP contribution in [0.4, 0.5) is 0 Å². The van der Waals surface area contributed by atoms with E-state index < -0.39 is 11.6 Å². The molecule has 0 saturated heterocycles. The fourth-order valence-electron chi connectivity index (χ4n) is 1.42. The predicted molar refractivity (Wildman–Crippen MR) is 69.7 cm³/mol. The molecule has 1 unspecified atom stereocenters. The van der Waals surface area contributed by atoms with Gasteiger partial charge in [-0.25, -0.2) is 0 Å². The normalized spacial score (nSPS) is 14.2. The Balaban J connectivity index is 2.80. The lowest BCUT2D eigenvalue weighted by Gasteiger charge is -2.24. The van der Waals surface area contributed by atoms with E-state index in [1.54, 1.807) is 6.08 Å². The van der Waals surface area contributed by atoms with Gasteiger partial charge in [0.15, 0.2) is 11.4 Å². The summed E-state index contributed by atoms with van der Waals surface area (Å²) in [5.41, 5.74) is 5.10. The number of carbonyl (C=O) groups is 2. The van der Waals surface area contributed by atoms with Gasteiger partial charge in [0.25, 0.3) is 0 Å². The summed E-state index contributed by atoms with van der Waals surface area (Å²) in [6, 6.07) is 9.38. The van der Waals surface area contributed by atoms with Crippen molar-refractivity contribution in [2.45, 2.75) is 19.4 Å². The summed E-state index contributed by atoms with van der Waals surface area (Å²) < 4.78 is 4.97. The number of ketones is 1. The molecule has 0 spiro atoms. The zero-order chi connectivity index (χ0) is 13.6. The molecule has 0 saturated carbocycles. The van der Waals surface area contributed by atoms with Crippen molar-refractivity contribution in [3.05, 3.63) is 42.0 Å². The highest BCUT2D eigenvalue weighted by Crippen LogP contribution is 2.13. The highest BCUT2D eigenvalue weighted by atomic mass is 16.6. The van der Waals surface area contributed by atoms with Crippen molar-refractivity contribution in [2.24, 2.45) is 5.73 Å². The minimum atomic E-state index is -1.29. The Morgan fingerprint density at radius 2 is 1.94 bits per heavy atom. The Kier molecular flexibility index (Phi) is 4.80. The number of ether oxygens (including phenoxy) is 1. The first-order chi connectivity index (χ1) is 8.48. The monoisotopic (exact) mass is 247 g/mol. The van der Waals surface area contributed by atoms with Gasteiger partial charge in [0.2, 0.25) is 0 Å². The Morgan fingerprint density at radius 1 is 1.33 bits per heavy atom. The first-order valence-corrected chi connectivity index (χ1v) is 5.65. The van der Waals surface area contributed by atoms with Crippen LogP contribution in [-0.4, -0.2) is 23.9 Å². The molecule has 18 heavy (non-hydrogen) atoms. The van der Waals surface area contributed by atoms with E-state index in [9.17, 15) is 9.59 Å². The third kappa shape index (κ3) is 3.82. The van der Waals surface area contributed by atoms with Crippen LogP contribution < -0.4 is 5.73 Å². The van der Waals surface area contributed by atoms with E-state index in [4.69, 9.17) is 10.5 Å². The summed E-state index contributed by atoms with van der Waals surface area (Å²) in [5, 5.41) is 0. The smallest absolute Gasteiger partial charge is 0.303 e. The van der Waals surface area contributed by atoms with Crippen molar-refractivity contribution in [1.82, 2.24) is 0 Å². The third-order valence-electron chi connectivity index (χ3n) is 2.51. The molecule has 0 fully saturated rings. The van der Waals surface area contributed by atoms with Gasteiger partial charge in [-0.15, -0.1) is 0 Å². The van der Waals surface area contributed by atoms with Gasteiger partial charge in [-0.2, -0.15) is 0 Å². The maximum atomic E-state index is 12.0. The number of hydrogen-bond acceptors (Lipinski definition) is 4. The third-order valence-corrected chi connectivity index (χ3v) is 2.51. The molecule has 0 bridgehead atoms. The maximum Gasteiger partial charge on any atom is 0.303 e. The van der Waals surface area contributed by atoms with E-state index in [1.807, 2.05) is 30.3 Å². The van der Waals surface area contributed by atoms with Gasteiger partial charge in [0.1, 0.15) is 0 Å². The summed E-state index contributed by atoms with van der Waals surface area (Å²) in [5.74, 6) is -0.853. The molecule has 1 atom stereocenters. The van der Waals surface area contributed by atoms with Crippen molar-refractivity contribution in [1.29, 1.82) is 0 Å². The van der Waals surface area contributed by atoms with Gasteiger partial charge in [0, 0.05) is 13.5 Å². The van der Waals surface area contributed by atoms with E-state index in [-0.39, 0.29) is 12.3 Å². The molecular formula is C14H17NO3.